The first kappa shape index (κ1) is 41.1. The summed E-state index contributed by atoms with van der Waals surface area (Å²) in [6.07, 6.45) is -21.1. The maximum absolute atomic E-state index is 14.9. The van der Waals surface area contributed by atoms with Gasteiger partial charge in [0.2, 0.25) is 5.60 Å². The molecule has 0 aromatic carbocycles. The fraction of sp³-hybridized carbons (Fsp3) is 0.929. The van der Waals surface area contributed by atoms with E-state index in [1.54, 1.807) is 13.8 Å². The van der Waals surface area contributed by atoms with Crippen LogP contribution < -0.4 is 0 Å². The van der Waals surface area contributed by atoms with E-state index >= 15 is 0 Å². The normalized spacial score (nSPS) is 26.7. The summed E-state index contributed by atoms with van der Waals surface area (Å²) < 4.78 is 154. The second kappa shape index (κ2) is 12.9. The molecule has 2 N–H and O–H groups in total. The Morgan fingerprint density at radius 3 is 1.69 bits per heavy atom. The predicted octanol–water partition coefficient (Wildman–Crippen LogP) is 7.83. The van der Waals surface area contributed by atoms with Crippen molar-refractivity contribution in [3.8, 4) is 0 Å². The number of carbonyl (C=O) groups is 2. The number of aliphatic hydroxyl groups is 2. The lowest BCUT2D eigenvalue weighted by molar-refractivity contribution is -0.373. The fourth-order valence-corrected chi connectivity index (χ4v) is 5.01. The standard InChI is InChI=1S/C16H23F5O3.C12H18F6O3/c1-4-12(2,3)11(22)24-13-8-6-5-7-10(13)9-14(23,15(13,17)18)16(19,20)21;1-5-9(3,4)8(19)21-7(2)6-10(20,11(13,14)15)12(16,17)18/h10,23H,4-9H2,1-3H3;7,20H,5-6H2,1-4H3. The van der Waals surface area contributed by atoms with Gasteiger partial charge in [-0.3, -0.25) is 9.59 Å². The highest BCUT2D eigenvalue weighted by atomic mass is 19.4. The van der Waals surface area contributed by atoms with Crippen LogP contribution >= 0.6 is 0 Å². The lowest BCUT2D eigenvalue weighted by atomic mass is 9.75. The minimum absolute atomic E-state index is 0.0633. The van der Waals surface area contributed by atoms with E-state index in [0.717, 1.165) is 6.92 Å². The first-order valence-corrected chi connectivity index (χ1v) is 14.3. The number of halogens is 11. The highest BCUT2D eigenvalue weighted by Crippen LogP contribution is 2.64. The van der Waals surface area contributed by atoms with Crippen LogP contribution in [-0.2, 0) is 19.1 Å². The molecule has 2 rings (SSSR count). The summed E-state index contributed by atoms with van der Waals surface area (Å²) in [5, 5.41) is 18.8. The number of rotatable bonds is 8. The van der Waals surface area contributed by atoms with Crippen molar-refractivity contribution in [2.75, 3.05) is 0 Å². The van der Waals surface area contributed by atoms with E-state index in [1.165, 1.54) is 27.7 Å². The highest BCUT2D eigenvalue weighted by molar-refractivity contribution is 5.76. The van der Waals surface area contributed by atoms with Crippen molar-refractivity contribution in [1.82, 2.24) is 0 Å². The fourth-order valence-electron chi connectivity index (χ4n) is 5.01. The van der Waals surface area contributed by atoms with E-state index in [1.807, 2.05) is 0 Å². The van der Waals surface area contributed by atoms with Crippen molar-refractivity contribution < 1.29 is 77.6 Å². The average Bonchev–Trinajstić information content (AvgIpc) is 3.05. The Morgan fingerprint density at radius 1 is 0.844 bits per heavy atom. The maximum atomic E-state index is 14.9. The summed E-state index contributed by atoms with van der Waals surface area (Å²) in [7, 11) is 0. The first-order valence-electron chi connectivity index (χ1n) is 14.3. The summed E-state index contributed by atoms with van der Waals surface area (Å²) in [4.78, 5) is 24.0. The summed E-state index contributed by atoms with van der Waals surface area (Å²) in [6, 6.07) is 0. The quantitative estimate of drug-likeness (QED) is 0.200. The highest BCUT2D eigenvalue weighted by Gasteiger charge is 2.84. The lowest BCUT2D eigenvalue weighted by Gasteiger charge is -2.45. The Morgan fingerprint density at radius 2 is 1.29 bits per heavy atom. The number of ether oxygens (including phenoxy) is 2. The molecular weight excluding hydrogens is 641 g/mol. The van der Waals surface area contributed by atoms with Crippen LogP contribution in [0.15, 0.2) is 0 Å². The van der Waals surface area contributed by atoms with E-state index in [4.69, 9.17) is 9.84 Å². The minimum Gasteiger partial charge on any atom is -0.462 e. The predicted molar refractivity (Wildman–Crippen MR) is 137 cm³/mol. The number of carbonyl (C=O) groups excluding carboxylic acids is 2. The van der Waals surface area contributed by atoms with Gasteiger partial charge in [-0.25, -0.2) is 0 Å². The third-order valence-electron chi connectivity index (χ3n) is 9.05. The van der Waals surface area contributed by atoms with Crippen molar-refractivity contribution in [1.29, 1.82) is 0 Å². The van der Waals surface area contributed by atoms with Crippen LogP contribution in [-0.4, -0.2) is 69.5 Å². The van der Waals surface area contributed by atoms with E-state index in [9.17, 15) is 63.0 Å². The molecule has 2 aliphatic carbocycles. The van der Waals surface area contributed by atoms with Gasteiger partial charge in [0.25, 0.3) is 5.60 Å². The Balaban J connectivity index is 0.000000455. The second-order valence-electron chi connectivity index (χ2n) is 13.1. The molecule has 45 heavy (non-hydrogen) atoms. The molecule has 6 nitrogen and oxygen atoms in total. The third kappa shape index (κ3) is 7.64. The Hall–Kier alpha value is -1.91. The molecule has 0 aliphatic heterocycles. The molecule has 0 aromatic rings. The van der Waals surface area contributed by atoms with Crippen LogP contribution in [0.25, 0.3) is 0 Å². The van der Waals surface area contributed by atoms with Gasteiger partial charge in [-0.2, -0.15) is 48.3 Å². The Kier molecular flexibility index (Phi) is 11.8. The van der Waals surface area contributed by atoms with Crippen LogP contribution in [0.5, 0.6) is 0 Å². The molecule has 2 aliphatic rings. The van der Waals surface area contributed by atoms with Crippen molar-refractivity contribution in [2.45, 2.75) is 147 Å². The first-order chi connectivity index (χ1) is 19.8. The summed E-state index contributed by atoms with van der Waals surface area (Å²) in [6.45, 7) is 10.0. The van der Waals surface area contributed by atoms with Crippen LogP contribution in [0.3, 0.4) is 0 Å². The molecule has 0 radical (unpaired) electrons. The van der Waals surface area contributed by atoms with E-state index in [0.29, 0.717) is 19.3 Å². The molecule has 0 amide bonds. The van der Waals surface area contributed by atoms with Crippen LogP contribution in [0, 0.1) is 16.7 Å². The smallest absolute Gasteiger partial charge is 0.426 e. The van der Waals surface area contributed by atoms with Crippen LogP contribution in [0.4, 0.5) is 48.3 Å². The summed E-state index contributed by atoms with van der Waals surface area (Å²) >= 11 is 0. The molecule has 2 fully saturated rings. The van der Waals surface area contributed by atoms with Gasteiger partial charge in [-0.1, -0.05) is 20.3 Å². The molecule has 17 heteroatoms. The Labute approximate surface area is 254 Å². The third-order valence-corrected chi connectivity index (χ3v) is 9.05. The van der Waals surface area contributed by atoms with Crippen LogP contribution in [0.1, 0.15) is 99.8 Å². The number of hydrogen-bond acceptors (Lipinski definition) is 6. The molecule has 2 saturated carbocycles. The summed E-state index contributed by atoms with van der Waals surface area (Å²) in [5.41, 5.74) is -13.8. The molecular formula is C28H41F11O6. The number of fused-ring (bicyclic) bond motifs is 1. The second-order valence-corrected chi connectivity index (χ2v) is 13.1. The van der Waals surface area contributed by atoms with E-state index in [-0.39, 0.29) is 19.3 Å². The lowest BCUT2D eigenvalue weighted by Crippen LogP contribution is -2.65. The van der Waals surface area contributed by atoms with Gasteiger partial charge in [0.05, 0.1) is 10.8 Å². The molecule has 266 valence electrons. The zero-order valence-corrected chi connectivity index (χ0v) is 26.0. The van der Waals surface area contributed by atoms with Gasteiger partial charge in [0.15, 0.2) is 5.60 Å². The van der Waals surface area contributed by atoms with Crippen LogP contribution in [0.2, 0.25) is 0 Å². The van der Waals surface area contributed by atoms with Crippen molar-refractivity contribution >= 4 is 11.9 Å². The van der Waals surface area contributed by atoms with Gasteiger partial charge in [-0.15, -0.1) is 0 Å². The van der Waals surface area contributed by atoms with Gasteiger partial charge in [0, 0.05) is 12.3 Å². The zero-order chi connectivity index (χ0) is 35.9. The van der Waals surface area contributed by atoms with Gasteiger partial charge in [0.1, 0.15) is 6.10 Å². The molecule has 0 spiro atoms. The molecule has 0 bridgehead atoms. The van der Waals surface area contributed by atoms with Gasteiger partial charge >= 0.3 is 36.4 Å². The number of alkyl halides is 11. The van der Waals surface area contributed by atoms with E-state index in [2.05, 4.69) is 4.74 Å². The largest absolute Gasteiger partial charge is 0.462 e. The molecule has 4 atom stereocenters. The minimum atomic E-state index is -5.92. The molecule has 0 saturated heterocycles. The molecule has 0 heterocycles. The monoisotopic (exact) mass is 682 g/mol. The molecule has 4 unspecified atom stereocenters. The van der Waals surface area contributed by atoms with Gasteiger partial charge in [-0.05, 0) is 73.1 Å². The zero-order valence-electron chi connectivity index (χ0n) is 26.0. The number of hydrogen-bond donors (Lipinski definition) is 2. The number of esters is 2. The van der Waals surface area contributed by atoms with Crippen molar-refractivity contribution in [3.05, 3.63) is 0 Å². The van der Waals surface area contributed by atoms with E-state index < -0.39 is 88.9 Å². The SMILES string of the molecule is CCC(C)(C)C(=O)OC(C)CC(O)(C(F)(F)F)C(F)(F)F.CCC(C)(C)C(=O)OC12CCCCC1CC(O)(C(F)(F)F)C2(F)F. The van der Waals surface area contributed by atoms with Crippen molar-refractivity contribution in [3.63, 3.8) is 0 Å². The summed E-state index contributed by atoms with van der Waals surface area (Å²) in [5.74, 6) is -7.69. The van der Waals surface area contributed by atoms with Crippen molar-refractivity contribution in [2.24, 2.45) is 16.7 Å². The maximum Gasteiger partial charge on any atom is 0.426 e. The molecule has 0 aromatic heterocycles. The topological polar surface area (TPSA) is 93.1 Å². The van der Waals surface area contributed by atoms with Gasteiger partial charge < -0.3 is 19.7 Å². The Bertz CT molecular complexity index is 1040. The average molecular weight is 683 g/mol.